The van der Waals surface area contributed by atoms with Crippen molar-refractivity contribution in [1.82, 2.24) is 0 Å². The highest BCUT2D eigenvalue weighted by atomic mass is 79.9. The Morgan fingerprint density at radius 3 is 2.60 bits per heavy atom. The van der Waals surface area contributed by atoms with Gasteiger partial charge in [-0.3, -0.25) is 0 Å². The summed E-state index contributed by atoms with van der Waals surface area (Å²) in [5.74, 6) is 0.587. The van der Waals surface area contributed by atoms with Gasteiger partial charge in [-0.1, -0.05) is 46.3 Å². The van der Waals surface area contributed by atoms with E-state index in [1.807, 2.05) is 48.5 Å². The van der Waals surface area contributed by atoms with Crippen molar-refractivity contribution in [3.63, 3.8) is 0 Å². The molecule has 0 aliphatic carbocycles. The molecule has 106 valence electrons. The topological polar surface area (TPSA) is 55.5 Å². The van der Waals surface area contributed by atoms with Crippen LogP contribution < -0.4 is 10.5 Å². The first-order chi connectivity index (χ1) is 9.67. The molecule has 0 amide bonds. The summed E-state index contributed by atoms with van der Waals surface area (Å²) in [6, 6.07) is 15.3. The number of aliphatic hydroxyl groups excluding tert-OH is 1. The van der Waals surface area contributed by atoms with Crippen LogP contribution in [0.25, 0.3) is 0 Å². The molecule has 0 radical (unpaired) electrons. The second-order valence-corrected chi connectivity index (χ2v) is 5.44. The third-order valence-electron chi connectivity index (χ3n) is 3.38. The largest absolute Gasteiger partial charge is 0.497 e. The van der Waals surface area contributed by atoms with Gasteiger partial charge in [0.15, 0.2) is 0 Å². The molecule has 3 nitrogen and oxygen atoms in total. The van der Waals surface area contributed by atoms with Gasteiger partial charge in [0.2, 0.25) is 0 Å². The number of aliphatic hydroxyl groups is 1. The summed E-state index contributed by atoms with van der Waals surface area (Å²) in [7, 11) is 1.63. The second-order valence-electron chi connectivity index (χ2n) is 4.59. The van der Waals surface area contributed by atoms with Crippen molar-refractivity contribution in [2.75, 3.05) is 13.7 Å². The van der Waals surface area contributed by atoms with E-state index in [2.05, 4.69) is 15.9 Å². The molecule has 0 saturated carbocycles. The molecule has 2 rings (SSSR count). The summed E-state index contributed by atoms with van der Waals surface area (Å²) in [5, 5.41) is 10.6. The van der Waals surface area contributed by atoms with Gasteiger partial charge < -0.3 is 15.6 Å². The maximum atomic E-state index is 10.6. The van der Waals surface area contributed by atoms with Crippen LogP contribution in [0.1, 0.15) is 23.1 Å². The molecule has 0 saturated heterocycles. The fraction of sp³-hybridized carbons (Fsp3) is 0.250. The summed E-state index contributed by atoms with van der Waals surface area (Å²) < 4.78 is 6.11. The van der Waals surface area contributed by atoms with Crippen LogP contribution in [0.2, 0.25) is 0 Å². The van der Waals surface area contributed by atoms with Gasteiger partial charge in [0.05, 0.1) is 13.2 Å². The van der Waals surface area contributed by atoms with Gasteiger partial charge >= 0.3 is 0 Å². The number of hydrogen-bond donors (Lipinski definition) is 2. The van der Waals surface area contributed by atoms with Crippen molar-refractivity contribution >= 4 is 15.9 Å². The summed E-state index contributed by atoms with van der Waals surface area (Å²) >= 11 is 3.47. The molecule has 0 aliphatic rings. The van der Waals surface area contributed by atoms with Crippen LogP contribution in [-0.4, -0.2) is 18.8 Å². The maximum absolute atomic E-state index is 10.6. The number of ether oxygens (including phenoxy) is 1. The molecule has 2 atom stereocenters. The molecule has 0 aromatic heterocycles. The smallest absolute Gasteiger partial charge is 0.119 e. The van der Waals surface area contributed by atoms with E-state index in [0.29, 0.717) is 6.54 Å². The van der Waals surface area contributed by atoms with Gasteiger partial charge in [-0.25, -0.2) is 0 Å². The van der Waals surface area contributed by atoms with Crippen molar-refractivity contribution in [2.45, 2.75) is 12.0 Å². The predicted octanol–water partition coefficient (Wildman–Crippen LogP) is 3.23. The maximum Gasteiger partial charge on any atom is 0.119 e. The summed E-state index contributed by atoms with van der Waals surface area (Å²) in [6.45, 7) is 0.357. The number of methoxy groups -OCH3 is 1. The van der Waals surface area contributed by atoms with Gasteiger partial charge in [0.25, 0.3) is 0 Å². The molecule has 0 aliphatic heterocycles. The third-order valence-corrected chi connectivity index (χ3v) is 4.10. The van der Waals surface area contributed by atoms with Crippen LogP contribution in [0.4, 0.5) is 0 Å². The van der Waals surface area contributed by atoms with Crippen LogP contribution >= 0.6 is 15.9 Å². The number of benzene rings is 2. The molecule has 3 N–H and O–H groups in total. The molecule has 0 bridgehead atoms. The fourth-order valence-corrected chi connectivity index (χ4v) is 2.77. The van der Waals surface area contributed by atoms with E-state index in [-0.39, 0.29) is 5.92 Å². The van der Waals surface area contributed by atoms with E-state index in [4.69, 9.17) is 10.5 Å². The summed E-state index contributed by atoms with van der Waals surface area (Å²) in [5.41, 5.74) is 7.67. The Morgan fingerprint density at radius 1 is 1.20 bits per heavy atom. The van der Waals surface area contributed by atoms with Crippen molar-refractivity contribution in [3.8, 4) is 5.75 Å². The van der Waals surface area contributed by atoms with Crippen molar-refractivity contribution in [2.24, 2.45) is 5.73 Å². The zero-order valence-electron chi connectivity index (χ0n) is 11.3. The Bertz CT molecular complexity index is 574. The number of nitrogens with two attached hydrogens (primary N) is 1. The Morgan fingerprint density at radius 2 is 1.95 bits per heavy atom. The highest BCUT2D eigenvalue weighted by Gasteiger charge is 2.23. The first-order valence-electron chi connectivity index (χ1n) is 6.44. The zero-order chi connectivity index (χ0) is 14.5. The molecule has 0 spiro atoms. The van der Waals surface area contributed by atoms with Gasteiger partial charge in [0.1, 0.15) is 5.75 Å². The van der Waals surface area contributed by atoms with Crippen LogP contribution in [-0.2, 0) is 0 Å². The van der Waals surface area contributed by atoms with E-state index in [1.54, 1.807) is 7.11 Å². The average molecular weight is 336 g/mol. The minimum absolute atomic E-state index is 0.177. The van der Waals surface area contributed by atoms with E-state index in [9.17, 15) is 5.11 Å². The molecule has 20 heavy (non-hydrogen) atoms. The molecule has 4 heteroatoms. The van der Waals surface area contributed by atoms with Crippen LogP contribution in [0.3, 0.4) is 0 Å². The first-order valence-corrected chi connectivity index (χ1v) is 7.23. The van der Waals surface area contributed by atoms with Gasteiger partial charge in [-0.05, 0) is 29.3 Å². The average Bonchev–Trinajstić information content (AvgIpc) is 2.48. The SMILES string of the molecule is COc1cccc(C(CN)C(O)c2ccccc2Br)c1. The molecular weight excluding hydrogens is 318 g/mol. The molecular formula is C16H18BrNO2. The predicted molar refractivity (Wildman–Crippen MR) is 83.9 cm³/mol. The van der Waals surface area contributed by atoms with Crippen LogP contribution in [0.15, 0.2) is 53.0 Å². The lowest BCUT2D eigenvalue weighted by Crippen LogP contribution is -2.20. The molecule has 2 aromatic rings. The van der Waals surface area contributed by atoms with E-state index >= 15 is 0 Å². The fourth-order valence-electron chi connectivity index (χ4n) is 2.25. The molecule has 0 fully saturated rings. The van der Waals surface area contributed by atoms with Crippen LogP contribution in [0, 0.1) is 0 Å². The number of halogens is 1. The van der Waals surface area contributed by atoms with Gasteiger partial charge in [-0.2, -0.15) is 0 Å². The highest BCUT2D eigenvalue weighted by molar-refractivity contribution is 9.10. The normalized spacial score (nSPS) is 13.8. The van der Waals surface area contributed by atoms with Crippen molar-refractivity contribution < 1.29 is 9.84 Å². The summed E-state index contributed by atoms with van der Waals surface area (Å²) in [6.07, 6.45) is -0.664. The molecule has 0 heterocycles. The minimum atomic E-state index is -0.664. The highest BCUT2D eigenvalue weighted by Crippen LogP contribution is 2.34. The minimum Gasteiger partial charge on any atom is -0.497 e. The number of hydrogen-bond acceptors (Lipinski definition) is 3. The standard InChI is InChI=1S/C16H18BrNO2/c1-20-12-6-4-5-11(9-12)14(10-18)16(19)13-7-2-3-8-15(13)17/h2-9,14,16,19H,10,18H2,1H3. The van der Waals surface area contributed by atoms with Gasteiger partial charge in [-0.15, -0.1) is 0 Å². The van der Waals surface area contributed by atoms with Crippen LogP contribution in [0.5, 0.6) is 5.75 Å². The van der Waals surface area contributed by atoms with E-state index in [1.165, 1.54) is 0 Å². The lowest BCUT2D eigenvalue weighted by Gasteiger charge is -2.23. The lowest BCUT2D eigenvalue weighted by molar-refractivity contribution is 0.146. The van der Waals surface area contributed by atoms with Gasteiger partial charge in [0, 0.05) is 16.9 Å². The third kappa shape index (κ3) is 3.20. The Labute approximate surface area is 127 Å². The monoisotopic (exact) mass is 335 g/mol. The Kier molecular flexibility index (Phi) is 5.17. The molecule has 2 unspecified atom stereocenters. The van der Waals surface area contributed by atoms with E-state index in [0.717, 1.165) is 21.3 Å². The Hall–Kier alpha value is -1.36. The first kappa shape index (κ1) is 15.0. The second kappa shape index (κ2) is 6.88. The Balaban J connectivity index is 2.34. The lowest BCUT2D eigenvalue weighted by atomic mass is 9.89. The van der Waals surface area contributed by atoms with E-state index < -0.39 is 6.10 Å². The van der Waals surface area contributed by atoms with Crippen molar-refractivity contribution in [1.29, 1.82) is 0 Å². The summed E-state index contributed by atoms with van der Waals surface area (Å²) in [4.78, 5) is 0. The molecule has 2 aromatic carbocycles. The van der Waals surface area contributed by atoms with Crippen molar-refractivity contribution in [3.05, 3.63) is 64.1 Å². The number of rotatable bonds is 5. The quantitative estimate of drug-likeness (QED) is 0.881. The zero-order valence-corrected chi connectivity index (χ0v) is 12.9.